The van der Waals surface area contributed by atoms with Crippen molar-refractivity contribution in [3.8, 4) is 0 Å². The molecule has 0 N–H and O–H groups in total. The fourth-order valence-electron chi connectivity index (χ4n) is 2.47. The van der Waals surface area contributed by atoms with Crippen LogP contribution in [0.1, 0.15) is 25.1 Å². The van der Waals surface area contributed by atoms with E-state index in [1.54, 1.807) is 0 Å². The van der Waals surface area contributed by atoms with Crippen LogP contribution >= 0.6 is 0 Å². The molecule has 0 aliphatic carbocycles. The van der Waals surface area contributed by atoms with E-state index < -0.39 is 0 Å². The number of aromatic nitrogens is 2. The summed E-state index contributed by atoms with van der Waals surface area (Å²) in [5.41, 5.74) is 4.58. The van der Waals surface area contributed by atoms with Crippen LogP contribution in [0.2, 0.25) is 0 Å². The first-order chi connectivity index (χ1) is 8.83. The average Bonchev–Trinajstić information content (AvgIpc) is 2.45. The highest BCUT2D eigenvalue weighted by molar-refractivity contribution is 6.02. The van der Waals surface area contributed by atoms with E-state index in [9.17, 15) is 0 Å². The number of aryl methyl sites for hydroxylation is 2. The zero-order valence-electron chi connectivity index (χ0n) is 10.8. The van der Waals surface area contributed by atoms with Crippen molar-refractivity contribution in [3.63, 3.8) is 0 Å². The Morgan fingerprint density at radius 1 is 0.944 bits per heavy atom. The standard InChI is InChI=1S/C16H16N2/c1-3-11-10-13-8-7-12-6-5-9-17-15(12)16(13)18-14(11)4-2/h5-10H,3-4H2,1-2H3. The van der Waals surface area contributed by atoms with Crippen LogP contribution in [0.25, 0.3) is 21.8 Å². The maximum Gasteiger partial charge on any atom is 0.0968 e. The van der Waals surface area contributed by atoms with Gasteiger partial charge in [0, 0.05) is 22.7 Å². The fraction of sp³-hybridized carbons (Fsp3) is 0.250. The first-order valence-electron chi connectivity index (χ1n) is 6.49. The van der Waals surface area contributed by atoms with E-state index in [4.69, 9.17) is 4.98 Å². The lowest BCUT2D eigenvalue weighted by Gasteiger charge is -2.09. The van der Waals surface area contributed by atoms with Crippen molar-refractivity contribution in [1.29, 1.82) is 0 Å². The molecule has 0 amide bonds. The van der Waals surface area contributed by atoms with Crippen LogP contribution in [-0.2, 0) is 12.8 Å². The summed E-state index contributed by atoms with van der Waals surface area (Å²) in [5, 5.41) is 2.35. The third-order valence-corrected chi connectivity index (χ3v) is 3.44. The van der Waals surface area contributed by atoms with E-state index in [1.165, 1.54) is 16.6 Å². The summed E-state index contributed by atoms with van der Waals surface area (Å²) in [7, 11) is 0. The summed E-state index contributed by atoms with van der Waals surface area (Å²) in [6.45, 7) is 4.34. The number of benzene rings is 1. The predicted octanol–water partition coefficient (Wildman–Crippen LogP) is 3.91. The van der Waals surface area contributed by atoms with Gasteiger partial charge in [0.25, 0.3) is 0 Å². The Morgan fingerprint density at radius 3 is 2.56 bits per heavy atom. The van der Waals surface area contributed by atoms with Gasteiger partial charge in [0.15, 0.2) is 0 Å². The van der Waals surface area contributed by atoms with Gasteiger partial charge in [-0.3, -0.25) is 9.97 Å². The molecule has 2 heteroatoms. The van der Waals surface area contributed by atoms with Crippen molar-refractivity contribution in [3.05, 3.63) is 47.8 Å². The third kappa shape index (κ3) is 1.65. The van der Waals surface area contributed by atoms with Gasteiger partial charge in [-0.25, -0.2) is 0 Å². The summed E-state index contributed by atoms with van der Waals surface area (Å²) < 4.78 is 0. The smallest absolute Gasteiger partial charge is 0.0968 e. The molecule has 0 aliphatic rings. The van der Waals surface area contributed by atoms with Gasteiger partial charge in [0.05, 0.1) is 11.0 Å². The second-order valence-electron chi connectivity index (χ2n) is 4.51. The number of fused-ring (bicyclic) bond motifs is 3. The minimum absolute atomic E-state index is 0.975. The largest absolute Gasteiger partial charge is 0.254 e. The van der Waals surface area contributed by atoms with E-state index in [-0.39, 0.29) is 0 Å². The zero-order valence-corrected chi connectivity index (χ0v) is 10.8. The van der Waals surface area contributed by atoms with Gasteiger partial charge in [0.2, 0.25) is 0 Å². The SMILES string of the molecule is CCc1cc2ccc3cccnc3c2nc1CC. The Kier molecular flexibility index (Phi) is 2.71. The van der Waals surface area contributed by atoms with Gasteiger partial charge < -0.3 is 0 Å². The zero-order chi connectivity index (χ0) is 12.5. The van der Waals surface area contributed by atoms with Gasteiger partial charge in [-0.2, -0.15) is 0 Å². The lowest BCUT2D eigenvalue weighted by molar-refractivity contribution is 0.982. The molecule has 2 nitrogen and oxygen atoms in total. The van der Waals surface area contributed by atoms with Crippen LogP contribution in [0.3, 0.4) is 0 Å². The second kappa shape index (κ2) is 4.37. The average molecular weight is 236 g/mol. The van der Waals surface area contributed by atoms with Crippen LogP contribution in [-0.4, -0.2) is 9.97 Å². The van der Waals surface area contributed by atoms with Crippen LogP contribution in [0.5, 0.6) is 0 Å². The topological polar surface area (TPSA) is 25.8 Å². The summed E-state index contributed by atoms with van der Waals surface area (Å²) in [4.78, 5) is 9.31. The van der Waals surface area contributed by atoms with Gasteiger partial charge in [-0.1, -0.05) is 32.0 Å². The van der Waals surface area contributed by atoms with Crippen molar-refractivity contribution in [1.82, 2.24) is 9.97 Å². The lowest BCUT2D eigenvalue weighted by atomic mass is 10.0. The van der Waals surface area contributed by atoms with Crippen LogP contribution in [0, 0.1) is 0 Å². The molecule has 3 rings (SSSR count). The highest BCUT2D eigenvalue weighted by Gasteiger charge is 2.07. The highest BCUT2D eigenvalue weighted by atomic mass is 14.8. The van der Waals surface area contributed by atoms with Crippen molar-refractivity contribution in [2.24, 2.45) is 0 Å². The summed E-state index contributed by atoms with van der Waals surface area (Å²) in [6, 6.07) is 10.6. The van der Waals surface area contributed by atoms with E-state index in [2.05, 4.69) is 43.1 Å². The molecular weight excluding hydrogens is 220 g/mol. The Morgan fingerprint density at radius 2 is 1.78 bits per heavy atom. The number of rotatable bonds is 2. The molecule has 0 spiro atoms. The number of hydrogen-bond donors (Lipinski definition) is 0. The summed E-state index contributed by atoms with van der Waals surface area (Å²) in [6.07, 6.45) is 3.84. The van der Waals surface area contributed by atoms with Gasteiger partial charge in [0.1, 0.15) is 0 Å². The Bertz CT molecular complexity index is 717. The maximum absolute atomic E-state index is 4.83. The maximum atomic E-state index is 4.83. The minimum Gasteiger partial charge on any atom is -0.254 e. The first-order valence-corrected chi connectivity index (χ1v) is 6.49. The van der Waals surface area contributed by atoms with Gasteiger partial charge in [-0.15, -0.1) is 0 Å². The van der Waals surface area contributed by atoms with Crippen molar-refractivity contribution >= 4 is 21.8 Å². The predicted molar refractivity (Wildman–Crippen MR) is 75.8 cm³/mol. The van der Waals surface area contributed by atoms with E-state index in [0.29, 0.717) is 0 Å². The van der Waals surface area contributed by atoms with Crippen LogP contribution < -0.4 is 0 Å². The molecule has 0 saturated carbocycles. The van der Waals surface area contributed by atoms with Gasteiger partial charge >= 0.3 is 0 Å². The fourth-order valence-corrected chi connectivity index (χ4v) is 2.47. The molecule has 0 bridgehead atoms. The number of pyridine rings is 2. The molecule has 2 heterocycles. The van der Waals surface area contributed by atoms with Crippen molar-refractivity contribution in [2.75, 3.05) is 0 Å². The Hall–Kier alpha value is -1.96. The Labute approximate surface area is 107 Å². The molecule has 2 aromatic heterocycles. The van der Waals surface area contributed by atoms with Crippen molar-refractivity contribution < 1.29 is 0 Å². The normalized spacial score (nSPS) is 11.2. The highest BCUT2D eigenvalue weighted by Crippen LogP contribution is 2.24. The molecule has 0 aliphatic heterocycles. The molecule has 0 fully saturated rings. The van der Waals surface area contributed by atoms with Crippen molar-refractivity contribution in [2.45, 2.75) is 26.7 Å². The Balaban J connectivity index is 2.43. The molecule has 0 saturated heterocycles. The number of hydrogen-bond acceptors (Lipinski definition) is 2. The molecule has 0 unspecified atom stereocenters. The quantitative estimate of drug-likeness (QED) is 0.630. The molecular formula is C16H16N2. The molecule has 0 radical (unpaired) electrons. The third-order valence-electron chi connectivity index (χ3n) is 3.44. The number of nitrogens with zero attached hydrogens (tertiary/aromatic N) is 2. The first kappa shape index (κ1) is 11.1. The van der Waals surface area contributed by atoms with E-state index >= 15 is 0 Å². The van der Waals surface area contributed by atoms with E-state index in [0.717, 1.165) is 29.3 Å². The lowest BCUT2D eigenvalue weighted by Crippen LogP contribution is -1.97. The van der Waals surface area contributed by atoms with Crippen LogP contribution in [0.15, 0.2) is 36.5 Å². The monoisotopic (exact) mass is 236 g/mol. The summed E-state index contributed by atoms with van der Waals surface area (Å²) in [5.74, 6) is 0. The second-order valence-corrected chi connectivity index (χ2v) is 4.51. The molecule has 0 atom stereocenters. The minimum atomic E-state index is 0.975. The molecule has 18 heavy (non-hydrogen) atoms. The summed E-state index contributed by atoms with van der Waals surface area (Å²) >= 11 is 0. The molecule has 90 valence electrons. The van der Waals surface area contributed by atoms with Crippen LogP contribution in [0.4, 0.5) is 0 Å². The van der Waals surface area contributed by atoms with Gasteiger partial charge in [-0.05, 0) is 30.5 Å². The van der Waals surface area contributed by atoms with E-state index in [1.807, 2.05) is 12.3 Å². The molecule has 1 aromatic carbocycles. The molecule has 3 aromatic rings.